The lowest BCUT2D eigenvalue weighted by molar-refractivity contribution is 1.04. The third kappa shape index (κ3) is 2.92. The maximum absolute atomic E-state index is 2.22. The Labute approximate surface area is 71.0 Å². The van der Waals surface area contributed by atoms with Crippen LogP contribution in [0.1, 0.15) is 48.0 Å². The van der Waals surface area contributed by atoms with Crippen molar-refractivity contribution in [2.75, 3.05) is 0 Å². The van der Waals surface area contributed by atoms with Crippen LogP contribution in [0.15, 0.2) is 22.3 Å². The van der Waals surface area contributed by atoms with Gasteiger partial charge in [-0.05, 0) is 52.2 Å². The van der Waals surface area contributed by atoms with Gasteiger partial charge in [-0.25, -0.2) is 0 Å². The van der Waals surface area contributed by atoms with Gasteiger partial charge in [-0.3, -0.25) is 0 Å². The third-order valence-electron chi connectivity index (χ3n) is 2.16. The molecule has 0 unspecified atom stereocenters. The Morgan fingerprint density at radius 3 is 1.36 bits per heavy atom. The summed E-state index contributed by atoms with van der Waals surface area (Å²) in [6.07, 6.45) is 1.15. The highest BCUT2D eigenvalue weighted by molar-refractivity contribution is 5.34. The minimum atomic E-state index is 1.15. The summed E-state index contributed by atoms with van der Waals surface area (Å²) < 4.78 is 0. The van der Waals surface area contributed by atoms with Gasteiger partial charge in [0.1, 0.15) is 0 Å². The fourth-order valence-electron chi connectivity index (χ4n) is 1.30. The fraction of sp³-hybridized carbons (Fsp3) is 0.636. The molecule has 0 N–H and O–H groups in total. The second-order valence-corrected chi connectivity index (χ2v) is 3.46. The predicted octanol–water partition coefficient (Wildman–Crippen LogP) is 4.09. The molecule has 0 aliphatic rings. The van der Waals surface area contributed by atoms with Crippen LogP contribution in [0.4, 0.5) is 0 Å². The molecular weight excluding hydrogens is 132 g/mol. The van der Waals surface area contributed by atoms with Crippen LogP contribution >= 0.6 is 0 Å². The highest BCUT2D eigenvalue weighted by Gasteiger charge is 2.00. The Kier molecular flexibility index (Phi) is 4.17. The molecule has 0 radical (unpaired) electrons. The molecule has 0 heteroatoms. The smallest absolute Gasteiger partial charge is 0.0305 e. The van der Waals surface area contributed by atoms with Gasteiger partial charge in [-0.15, -0.1) is 0 Å². The van der Waals surface area contributed by atoms with Gasteiger partial charge in [0.2, 0.25) is 0 Å². The molecule has 0 nitrogen and oxygen atoms in total. The molecule has 0 fully saturated rings. The second-order valence-electron chi connectivity index (χ2n) is 3.46. The Morgan fingerprint density at radius 1 is 0.818 bits per heavy atom. The van der Waals surface area contributed by atoms with Crippen molar-refractivity contribution in [2.45, 2.75) is 48.0 Å². The summed E-state index contributed by atoms with van der Waals surface area (Å²) >= 11 is 0. The largest absolute Gasteiger partial charge is 0.0732 e. The van der Waals surface area contributed by atoms with E-state index in [4.69, 9.17) is 0 Å². The Hall–Kier alpha value is -0.520. The zero-order valence-electron chi connectivity index (χ0n) is 8.71. The van der Waals surface area contributed by atoms with Crippen LogP contribution in [-0.4, -0.2) is 0 Å². The van der Waals surface area contributed by atoms with Crippen molar-refractivity contribution in [3.05, 3.63) is 22.3 Å². The Morgan fingerprint density at radius 2 is 1.27 bits per heavy atom. The molecule has 0 spiro atoms. The summed E-state index contributed by atoms with van der Waals surface area (Å²) in [7, 11) is 0. The topological polar surface area (TPSA) is 0 Å². The lowest BCUT2D eigenvalue weighted by atomic mass is 9.97. The van der Waals surface area contributed by atoms with Crippen molar-refractivity contribution in [3.8, 4) is 0 Å². The van der Waals surface area contributed by atoms with Crippen molar-refractivity contribution in [3.63, 3.8) is 0 Å². The van der Waals surface area contributed by atoms with Gasteiger partial charge in [0.05, 0.1) is 0 Å². The van der Waals surface area contributed by atoms with Gasteiger partial charge in [-0.2, -0.15) is 0 Å². The van der Waals surface area contributed by atoms with Crippen LogP contribution in [0.2, 0.25) is 0 Å². The molecule has 64 valence electrons. The van der Waals surface area contributed by atoms with Crippen LogP contribution in [0.3, 0.4) is 0 Å². The first-order valence-corrected chi connectivity index (χ1v) is 4.31. The van der Waals surface area contributed by atoms with Crippen molar-refractivity contribution in [1.82, 2.24) is 0 Å². The van der Waals surface area contributed by atoms with E-state index in [1.807, 2.05) is 0 Å². The molecule has 0 atom stereocenters. The quantitative estimate of drug-likeness (QED) is 0.523. The first-order chi connectivity index (χ1) is 5.00. The first-order valence-electron chi connectivity index (χ1n) is 4.31. The molecule has 0 aromatic heterocycles. The van der Waals surface area contributed by atoms with E-state index < -0.39 is 0 Å². The SMILES string of the molecule is CCC(=C(C)C)C(C)=C(C)C. The fourth-order valence-corrected chi connectivity index (χ4v) is 1.30. The van der Waals surface area contributed by atoms with Crippen molar-refractivity contribution in [2.24, 2.45) is 0 Å². The van der Waals surface area contributed by atoms with E-state index >= 15 is 0 Å². The van der Waals surface area contributed by atoms with Crippen LogP contribution in [0.25, 0.3) is 0 Å². The van der Waals surface area contributed by atoms with E-state index in [1.165, 1.54) is 22.3 Å². The highest BCUT2D eigenvalue weighted by atomic mass is 14.1. The first kappa shape index (κ1) is 10.5. The number of hydrogen-bond acceptors (Lipinski definition) is 0. The standard InChI is InChI=1S/C11H20/c1-7-11(9(4)5)10(6)8(2)3/h7H2,1-6H3. The molecule has 0 amide bonds. The van der Waals surface area contributed by atoms with E-state index in [0.29, 0.717) is 0 Å². The molecular formula is C11H20. The molecule has 0 rings (SSSR count). The molecule has 0 aliphatic heterocycles. The average Bonchev–Trinajstić information content (AvgIpc) is 1.88. The highest BCUT2D eigenvalue weighted by Crippen LogP contribution is 2.20. The molecule has 0 saturated heterocycles. The summed E-state index contributed by atoms with van der Waals surface area (Å²) in [5, 5.41) is 0. The second kappa shape index (κ2) is 4.38. The molecule has 0 aromatic carbocycles. The van der Waals surface area contributed by atoms with E-state index in [2.05, 4.69) is 41.5 Å². The lowest BCUT2D eigenvalue weighted by Crippen LogP contribution is -1.89. The van der Waals surface area contributed by atoms with Crippen molar-refractivity contribution >= 4 is 0 Å². The molecule has 0 saturated carbocycles. The summed E-state index contributed by atoms with van der Waals surface area (Å²) in [5.41, 5.74) is 5.87. The van der Waals surface area contributed by atoms with Crippen LogP contribution in [0, 0.1) is 0 Å². The molecule has 0 aromatic rings. The maximum atomic E-state index is 2.22. The summed E-state index contributed by atoms with van der Waals surface area (Å²) in [4.78, 5) is 0. The molecule has 0 bridgehead atoms. The van der Waals surface area contributed by atoms with Crippen molar-refractivity contribution in [1.29, 1.82) is 0 Å². The normalized spacial score (nSPS) is 9.27. The van der Waals surface area contributed by atoms with Gasteiger partial charge in [0, 0.05) is 0 Å². The zero-order valence-corrected chi connectivity index (χ0v) is 8.71. The average molecular weight is 152 g/mol. The lowest BCUT2D eigenvalue weighted by Gasteiger charge is -2.09. The molecule has 0 heterocycles. The van der Waals surface area contributed by atoms with Gasteiger partial charge < -0.3 is 0 Å². The van der Waals surface area contributed by atoms with E-state index in [-0.39, 0.29) is 0 Å². The summed E-state index contributed by atoms with van der Waals surface area (Å²) in [6, 6.07) is 0. The monoisotopic (exact) mass is 152 g/mol. The van der Waals surface area contributed by atoms with E-state index in [1.54, 1.807) is 0 Å². The molecule has 11 heavy (non-hydrogen) atoms. The Balaban J connectivity index is 4.84. The van der Waals surface area contributed by atoms with Crippen LogP contribution in [-0.2, 0) is 0 Å². The van der Waals surface area contributed by atoms with Gasteiger partial charge >= 0.3 is 0 Å². The Bertz CT molecular complexity index is 184. The van der Waals surface area contributed by atoms with Crippen molar-refractivity contribution < 1.29 is 0 Å². The van der Waals surface area contributed by atoms with E-state index in [9.17, 15) is 0 Å². The summed E-state index contributed by atoms with van der Waals surface area (Å²) in [5.74, 6) is 0. The predicted molar refractivity (Wildman–Crippen MR) is 52.7 cm³/mol. The van der Waals surface area contributed by atoms with Crippen LogP contribution in [0.5, 0.6) is 0 Å². The van der Waals surface area contributed by atoms with Gasteiger partial charge in [0.25, 0.3) is 0 Å². The minimum absolute atomic E-state index is 1.15. The van der Waals surface area contributed by atoms with E-state index in [0.717, 1.165) is 6.42 Å². The zero-order chi connectivity index (χ0) is 9.02. The maximum Gasteiger partial charge on any atom is -0.0305 e. The third-order valence-corrected chi connectivity index (χ3v) is 2.16. The number of hydrogen-bond donors (Lipinski definition) is 0. The van der Waals surface area contributed by atoms with Crippen LogP contribution < -0.4 is 0 Å². The minimum Gasteiger partial charge on any atom is -0.0732 e. The summed E-state index contributed by atoms with van der Waals surface area (Å²) in [6.45, 7) is 13.1. The van der Waals surface area contributed by atoms with Gasteiger partial charge in [0.15, 0.2) is 0 Å². The molecule has 0 aliphatic carbocycles. The van der Waals surface area contributed by atoms with Gasteiger partial charge in [-0.1, -0.05) is 18.1 Å². The number of allylic oxidation sites excluding steroid dienone is 4. The number of rotatable bonds is 2.